The second-order valence-corrected chi connectivity index (χ2v) is 6.84. The Balaban J connectivity index is 1.44. The molecule has 1 N–H and O–H groups in total. The molecule has 0 bridgehead atoms. The van der Waals surface area contributed by atoms with E-state index >= 15 is 0 Å². The van der Waals surface area contributed by atoms with Crippen LogP contribution in [-0.4, -0.2) is 61.5 Å². The van der Waals surface area contributed by atoms with Gasteiger partial charge in [-0.15, -0.1) is 0 Å². The maximum absolute atomic E-state index is 12.3. The molecule has 0 unspecified atom stereocenters. The van der Waals surface area contributed by atoms with Gasteiger partial charge in [0.05, 0.1) is 5.92 Å². The maximum Gasteiger partial charge on any atom is 0.228 e. The summed E-state index contributed by atoms with van der Waals surface area (Å²) in [4.78, 5) is 17.0. The van der Waals surface area contributed by atoms with E-state index < -0.39 is 0 Å². The van der Waals surface area contributed by atoms with Crippen LogP contribution >= 0.6 is 0 Å². The molecule has 0 aromatic carbocycles. The predicted molar refractivity (Wildman–Crippen MR) is 80.6 cm³/mol. The molecule has 1 aliphatic carbocycles. The summed E-state index contributed by atoms with van der Waals surface area (Å²) in [5, 5.41) is 3.20. The molecule has 20 heavy (non-hydrogen) atoms. The topological polar surface area (TPSA) is 35.6 Å². The van der Waals surface area contributed by atoms with Crippen LogP contribution in [0.15, 0.2) is 0 Å². The normalized spacial score (nSPS) is 27.1. The molecular weight excluding hydrogens is 250 g/mol. The second kappa shape index (κ2) is 6.90. The molecule has 2 aliphatic heterocycles. The largest absolute Gasteiger partial charge is 0.341 e. The van der Waals surface area contributed by atoms with Crippen molar-refractivity contribution in [3.8, 4) is 0 Å². The first-order chi connectivity index (χ1) is 9.83. The Morgan fingerprint density at radius 3 is 2.45 bits per heavy atom. The Morgan fingerprint density at radius 2 is 1.75 bits per heavy atom. The average molecular weight is 279 g/mol. The van der Waals surface area contributed by atoms with Crippen molar-refractivity contribution in [2.45, 2.75) is 38.5 Å². The molecule has 4 heteroatoms. The predicted octanol–water partition coefficient (Wildman–Crippen LogP) is 1.32. The van der Waals surface area contributed by atoms with E-state index in [-0.39, 0.29) is 5.92 Å². The number of nitrogens with one attached hydrogen (secondary N) is 1. The first-order valence-corrected chi connectivity index (χ1v) is 8.55. The highest BCUT2D eigenvalue weighted by Crippen LogP contribution is 2.24. The summed E-state index contributed by atoms with van der Waals surface area (Å²) in [5.74, 6) is 1.57. The van der Waals surface area contributed by atoms with Crippen molar-refractivity contribution in [1.29, 1.82) is 0 Å². The summed E-state index contributed by atoms with van der Waals surface area (Å²) in [6.45, 7) is 7.24. The Hall–Kier alpha value is -0.610. The highest BCUT2D eigenvalue weighted by molar-refractivity contribution is 5.80. The van der Waals surface area contributed by atoms with Crippen molar-refractivity contribution < 1.29 is 4.79 Å². The van der Waals surface area contributed by atoms with Gasteiger partial charge in [-0.2, -0.15) is 0 Å². The fraction of sp³-hybridized carbons (Fsp3) is 0.938. The second-order valence-electron chi connectivity index (χ2n) is 6.84. The van der Waals surface area contributed by atoms with Gasteiger partial charge >= 0.3 is 0 Å². The van der Waals surface area contributed by atoms with Gasteiger partial charge in [-0.25, -0.2) is 0 Å². The standard InChI is InChI=1S/C16H29N3O/c20-16(15-11-17-12-15)19-8-4-7-18(9-10-19)13-14-5-2-1-3-6-14/h14-15,17H,1-13H2. The third-order valence-electron chi connectivity index (χ3n) is 5.27. The zero-order valence-corrected chi connectivity index (χ0v) is 12.6. The van der Waals surface area contributed by atoms with E-state index in [4.69, 9.17) is 0 Å². The van der Waals surface area contributed by atoms with E-state index in [0.717, 1.165) is 45.1 Å². The quantitative estimate of drug-likeness (QED) is 0.846. The Bertz CT molecular complexity index is 324. The van der Waals surface area contributed by atoms with Crippen LogP contribution in [0.25, 0.3) is 0 Å². The van der Waals surface area contributed by atoms with Gasteiger partial charge in [0.1, 0.15) is 0 Å². The summed E-state index contributed by atoms with van der Waals surface area (Å²) in [6.07, 6.45) is 8.29. The van der Waals surface area contributed by atoms with Gasteiger partial charge in [-0.1, -0.05) is 19.3 Å². The van der Waals surface area contributed by atoms with E-state index in [9.17, 15) is 4.79 Å². The van der Waals surface area contributed by atoms with Crippen LogP contribution in [-0.2, 0) is 4.79 Å². The smallest absolute Gasteiger partial charge is 0.228 e. The fourth-order valence-corrected chi connectivity index (χ4v) is 3.83. The van der Waals surface area contributed by atoms with E-state index in [1.54, 1.807) is 0 Å². The van der Waals surface area contributed by atoms with Crippen LogP contribution < -0.4 is 5.32 Å². The minimum absolute atomic E-state index is 0.264. The van der Waals surface area contributed by atoms with Gasteiger partial charge in [-0.3, -0.25) is 4.79 Å². The monoisotopic (exact) mass is 279 g/mol. The van der Waals surface area contributed by atoms with Gasteiger partial charge in [0, 0.05) is 39.3 Å². The van der Waals surface area contributed by atoms with Crippen molar-refractivity contribution in [2.75, 3.05) is 45.8 Å². The Morgan fingerprint density at radius 1 is 0.950 bits per heavy atom. The molecule has 3 rings (SSSR count). The minimum atomic E-state index is 0.264. The van der Waals surface area contributed by atoms with Gasteiger partial charge in [0.25, 0.3) is 0 Å². The molecular formula is C16H29N3O. The van der Waals surface area contributed by atoms with Gasteiger partial charge in [0.15, 0.2) is 0 Å². The lowest BCUT2D eigenvalue weighted by molar-refractivity contribution is -0.136. The summed E-state index contributed by atoms with van der Waals surface area (Å²) in [6, 6.07) is 0. The Labute approximate surface area is 122 Å². The summed E-state index contributed by atoms with van der Waals surface area (Å²) in [7, 11) is 0. The average Bonchev–Trinajstić information content (AvgIpc) is 2.63. The molecule has 0 radical (unpaired) electrons. The van der Waals surface area contributed by atoms with Gasteiger partial charge in [0.2, 0.25) is 5.91 Å². The van der Waals surface area contributed by atoms with E-state index in [1.165, 1.54) is 45.2 Å². The number of nitrogens with zero attached hydrogens (tertiary/aromatic N) is 2. The molecule has 2 saturated heterocycles. The van der Waals surface area contributed by atoms with E-state index in [1.807, 2.05) is 0 Å². The van der Waals surface area contributed by atoms with Crippen molar-refractivity contribution in [1.82, 2.24) is 15.1 Å². The zero-order valence-electron chi connectivity index (χ0n) is 12.6. The van der Waals surface area contributed by atoms with Crippen molar-refractivity contribution in [2.24, 2.45) is 11.8 Å². The number of amides is 1. The summed E-state index contributed by atoms with van der Waals surface area (Å²) < 4.78 is 0. The molecule has 0 atom stereocenters. The molecule has 0 aromatic heterocycles. The molecule has 1 saturated carbocycles. The number of hydrogen-bond acceptors (Lipinski definition) is 3. The third kappa shape index (κ3) is 3.53. The lowest BCUT2D eigenvalue weighted by Gasteiger charge is -2.32. The third-order valence-corrected chi connectivity index (χ3v) is 5.27. The van der Waals surface area contributed by atoms with Crippen molar-refractivity contribution in [3.05, 3.63) is 0 Å². The Kier molecular flexibility index (Phi) is 4.94. The van der Waals surface area contributed by atoms with Crippen LogP contribution in [0.4, 0.5) is 0 Å². The zero-order chi connectivity index (χ0) is 13.8. The molecule has 0 aromatic rings. The van der Waals surface area contributed by atoms with Crippen LogP contribution in [0.1, 0.15) is 38.5 Å². The fourth-order valence-electron chi connectivity index (χ4n) is 3.83. The van der Waals surface area contributed by atoms with Crippen molar-refractivity contribution >= 4 is 5.91 Å². The highest BCUT2D eigenvalue weighted by Gasteiger charge is 2.30. The highest BCUT2D eigenvalue weighted by atomic mass is 16.2. The maximum atomic E-state index is 12.3. The number of carbonyl (C=O) groups is 1. The lowest BCUT2D eigenvalue weighted by atomic mass is 9.89. The minimum Gasteiger partial charge on any atom is -0.341 e. The van der Waals surface area contributed by atoms with E-state index in [2.05, 4.69) is 15.1 Å². The van der Waals surface area contributed by atoms with Crippen LogP contribution in [0.2, 0.25) is 0 Å². The lowest BCUT2D eigenvalue weighted by Crippen LogP contribution is -2.52. The number of rotatable bonds is 3. The molecule has 3 aliphatic rings. The van der Waals surface area contributed by atoms with E-state index in [0.29, 0.717) is 5.91 Å². The SMILES string of the molecule is O=C(C1CNC1)N1CCCN(CC2CCCCC2)CC1. The first-order valence-electron chi connectivity index (χ1n) is 8.55. The number of carbonyl (C=O) groups excluding carboxylic acids is 1. The van der Waals surface area contributed by atoms with Crippen LogP contribution in [0.3, 0.4) is 0 Å². The molecule has 2 heterocycles. The molecule has 4 nitrogen and oxygen atoms in total. The summed E-state index contributed by atoms with van der Waals surface area (Å²) in [5.41, 5.74) is 0. The first kappa shape index (κ1) is 14.3. The van der Waals surface area contributed by atoms with Crippen LogP contribution in [0.5, 0.6) is 0 Å². The summed E-state index contributed by atoms with van der Waals surface area (Å²) >= 11 is 0. The number of hydrogen-bond donors (Lipinski definition) is 1. The van der Waals surface area contributed by atoms with Gasteiger partial charge in [-0.05, 0) is 31.7 Å². The van der Waals surface area contributed by atoms with Gasteiger partial charge < -0.3 is 15.1 Å². The van der Waals surface area contributed by atoms with Crippen LogP contribution in [0, 0.1) is 11.8 Å². The molecule has 114 valence electrons. The molecule has 1 amide bonds. The van der Waals surface area contributed by atoms with Crippen molar-refractivity contribution in [3.63, 3.8) is 0 Å². The molecule has 3 fully saturated rings. The molecule has 0 spiro atoms.